The predicted octanol–water partition coefficient (Wildman–Crippen LogP) is 5.59. The first-order valence-corrected chi connectivity index (χ1v) is 9.18. The van der Waals surface area contributed by atoms with Gasteiger partial charge in [0.05, 0.1) is 28.6 Å². The number of hydrogen-bond acceptors (Lipinski definition) is 2. The Balaban J connectivity index is 2.00. The molecule has 4 aromatic rings. The molecule has 0 fully saturated rings. The molecular weight excluding hydrogens is 320 g/mol. The van der Waals surface area contributed by atoms with Crippen LogP contribution in [-0.4, -0.2) is 7.05 Å². The molecule has 0 spiro atoms. The van der Waals surface area contributed by atoms with Crippen LogP contribution in [0, 0.1) is 6.92 Å². The molecule has 1 aliphatic heterocycles. The second kappa shape index (κ2) is 5.10. The Morgan fingerprint density at radius 1 is 1.08 bits per heavy atom. The smallest absolute Gasteiger partial charge is 0.224 e. The molecule has 2 aromatic heterocycles. The van der Waals surface area contributed by atoms with Crippen molar-refractivity contribution in [2.75, 3.05) is 11.9 Å². The van der Waals surface area contributed by atoms with Crippen LogP contribution in [0.25, 0.3) is 33.0 Å². The van der Waals surface area contributed by atoms with Gasteiger partial charge in [0.25, 0.3) is 0 Å². The zero-order valence-electron chi connectivity index (χ0n) is 15.9. The van der Waals surface area contributed by atoms with E-state index in [1.54, 1.807) is 6.26 Å². The van der Waals surface area contributed by atoms with Crippen molar-refractivity contribution in [3.63, 3.8) is 0 Å². The van der Waals surface area contributed by atoms with Gasteiger partial charge in [-0.1, -0.05) is 19.9 Å². The fourth-order valence-corrected chi connectivity index (χ4v) is 4.36. The first-order chi connectivity index (χ1) is 12.5. The largest absolute Gasteiger partial charge is 0.464 e. The molecule has 0 N–H and O–H groups in total. The van der Waals surface area contributed by atoms with Crippen LogP contribution in [0.3, 0.4) is 0 Å². The van der Waals surface area contributed by atoms with Crippen molar-refractivity contribution in [3.8, 4) is 11.3 Å². The number of nitrogens with zero attached hydrogens (tertiary/aromatic N) is 2. The lowest BCUT2D eigenvalue weighted by atomic mass is 9.89. The molecule has 2 aromatic carbocycles. The summed E-state index contributed by atoms with van der Waals surface area (Å²) < 4.78 is 7.99. The van der Waals surface area contributed by atoms with Crippen molar-refractivity contribution in [3.05, 3.63) is 53.9 Å². The van der Waals surface area contributed by atoms with Gasteiger partial charge in [0.2, 0.25) is 5.69 Å². The molecule has 0 aliphatic carbocycles. The van der Waals surface area contributed by atoms with Gasteiger partial charge in [-0.3, -0.25) is 0 Å². The number of aromatic nitrogens is 1. The van der Waals surface area contributed by atoms with Crippen molar-refractivity contribution in [1.82, 2.24) is 0 Å². The quantitative estimate of drug-likeness (QED) is 0.420. The van der Waals surface area contributed by atoms with E-state index >= 15 is 0 Å². The van der Waals surface area contributed by atoms with Crippen LogP contribution in [0.2, 0.25) is 0 Å². The van der Waals surface area contributed by atoms with E-state index in [0.717, 1.165) is 5.58 Å². The van der Waals surface area contributed by atoms with Gasteiger partial charge in [-0.05, 0) is 41.5 Å². The number of fused-ring (bicyclic) bond motifs is 3. The van der Waals surface area contributed by atoms with Crippen molar-refractivity contribution < 1.29 is 8.98 Å². The van der Waals surface area contributed by atoms with Crippen molar-refractivity contribution in [2.45, 2.75) is 26.7 Å². The topological polar surface area (TPSA) is 20.3 Å². The van der Waals surface area contributed by atoms with Crippen LogP contribution in [-0.2, 0) is 7.05 Å². The van der Waals surface area contributed by atoms with Gasteiger partial charge < -0.3 is 9.32 Å². The monoisotopic (exact) mass is 343 g/mol. The number of anilines is 2. The molecule has 3 heteroatoms. The summed E-state index contributed by atoms with van der Waals surface area (Å²) in [5, 5.41) is 3.83. The van der Waals surface area contributed by atoms with Gasteiger partial charge in [0.1, 0.15) is 12.6 Å². The minimum atomic E-state index is 0.497. The minimum Gasteiger partial charge on any atom is -0.464 e. The summed E-state index contributed by atoms with van der Waals surface area (Å²) in [7, 11) is 4.31. The van der Waals surface area contributed by atoms with Crippen molar-refractivity contribution in [2.24, 2.45) is 7.05 Å². The zero-order valence-corrected chi connectivity index (χ0v) is 15.9. The second-order valence-electron chi connectivity index (χ2n) is 7.72. The molecule has 26 heavy (non-hydrogen) atoms. The summed E-state index contributed by atoms with van der Waals surface area (Å²) in [6, 6.07) is 11.2. The lowest BCUT2D eigenvalue weighted by molar-refractivity contribution is -0.659. The number of pyridine rings is 1. The van der Waals surface area contributed by atoms with Crippen LogP contribution in [0.1, 0.15) is 30.9 Å². The van der Waals surface area contributed by atoms with Gasteiger partial charge in [-0.15, -0.1) is 0 Å². The van der Waals surface area contributed by atoms with Gasteiger partial charge in [-0.25, -0.2) is 4.57 Å². The maximum Gasteiger partial charge on any atom is 0.224 e. The minimum absolute atomic E-state index is 0.497. The predicted molar refractivity (Wildman–Crippen MR) is 107 cm³/mol. The SMILES string of the molecule is Cc1c2c(cc3occc13)N(C)c1cc(C(C)C)cc3cc[n+](C)c-2c13. The maximum atomic E-state index is 5.73. The summed E-state index contributed by atoms with van der Waals surface area (Å²) in [5.74, 6) is 0.497. The van der Waals surface area contributed by atoms with Crippen LogP contribution in [0.4, 0.5) is 11.4 Å². The van der Waals surface area contributed by atoms with Crippen LogP contribution in [0.15, 0.2) is 47.2 Å². The van der Waals surface area contributed by atoms with E-state index in [0.29, 0.717) is 5.92 Å². The van der Waals surface area contributed by atoms with E-state index in [4.69, 9.17) is 4.42 Å². The maximum absolute atomic E-state index is 5.73. The van der Waals surface area contributed by atoms with Crippen LogP contribution < -0.4 is 9.47 Å². The van der Waals surface area contributed by atoms with E-state index in [9.17, 15) is 0 Å². The fraction of sp³-hybridized carbons (Fsp3) is 0.261. The number of benzene rings is 2. The van der Waals surface area contributed by atoms with Gasteiger partial charge in [0, 0.05) is 24.6 Å². The summed E-state index contributed by atoms with van der Waals surface area (Å²) in [4.78, 5) is 2.32. The highest BCUT2D eigenvalue weighted by molar-refractivity contribution is 6.12. The molecule has 5 rings (SSSR count). The highest BCUT2D eigenvalue weighted by Gasteiger charge is 2.32. The molecule has 3 nitrogen and oxygen atoms in total. The Bertz CT molecular complexity index is 1200. The van der Waals surface area contributed by atoms with E-state index in [1.165, 1.54) is 49.9 Å². The third kappa shape index (κ3) is 1.86. The number of aryl methyl sites for hydroxylation is 2. The Morgan fingerprint density at radius 3 is 2.65 bits per heavy atom. The van der Waals surface area contributed by atoms with Crippen molar-refractivity contribution in [1.29, 1.82) is 0 Å². The number of hydrogen-bond donors (Lipinski definition) is 0. The number of rotatable bonds is 1. The van der Waals surface area contributed by atoms with Gasteiger partial charge >= 0.3 is 0 Å². The summed E-state index contributed by atoms with van der Waals surface area (Å²) in [5.41, 5.74) is 8.68. The van der Waals surface area contributed by atoms with Gasteiger partial charge in [0.15, 0.2) is 6.20 Å². The summed E-state index contributed by atoms with van der Waals surface area (Å²) >= 11 is 0. The van der Waals surface area contributed by atoms with E-state index in [1.807, 2.05) is 0 Å². The molecule has 0 atom stereocenters. The van der Waals surface area contributed by atoms with E-state index in [2.05, 4.69) is 80.9 Å². The second-order valence-corrected chi connectivity index (χ2v) is 7.72. The van der Waals surface area contributed by atoms with E-state index < -0.39 is 0 Å². The average molecular weight is 343 g/mol. The number of furan rings is 1. The first-order valence-electron chi connectivity index (χ1n) is 9.18. The molecule has 0 saturated carbocycles. The molecular formula is C23H23N2O+. The third-order valence-electron chi connectivity index (χ3n) is 5.86. The standard InChI is InChI=1S/C23H23N2O/c1-13(2)16-10-15-6-8-24(4)23-21-14(3)17-7-9-26-20(17)12-19(21)25(5)18(11-16)22(15)23/h6-13H,1-5H3/q+1. The zero-order chi connectivity index (χ0) is 18.2. The molecule has 0 radical (unpaired) electrons. The Kier molecular flexibility index (Phi) is 3.03. The molecule has 0 bridgehead atoms. The van der Waals surface area contributed by atoms with Gasteiger partial charge in [-0.2, -0.15) is 0 Å². The lowest BCUT2D eigenvalue weighted by Gasteiger charge is -2.30. The Labute approximate surface area is 153 Å². The van der Waals surface area contributed by atoms with Crippen LogP contribution >= 0.6 is 0 Å². The Morgan fingerprint density at radius 2 is 1.88 bits per heavy atom. The first kappa shape index (κ1) is 15.4. The third-order valence-corrected chi connectivity index (χ3v) is 5.86. The molecule has 0 amide bonds. The summed E-state index contributed by atoms with van der Waals surface area (Å²) in [6.07, 6.45) is 3.97. The lowest BCUT2D eigenvalue weighted by Crippen LogP contribution is -2.33. The molecule has 1 aliphatic rings. The molecule has 3 heterocycles. The average Bonchev–Trinajstić information content (AvgIpc) is 3.09. The fourth-order valence-electron chi connectivity index (χ4n) is 4.36. The van der Waals surface area contributed by atoms with E-state index in [-0.39, 0.29) is 0 Å². The van der Waals surface area contributed by atoms with Crippen molar-refractivity contribution >= 4 is 33.1 Å². The van der Waals surface area contributed by atoms with Crippen LogP contribution in [0.5, 0.6) is 0 Å². The molecule has 130 valence electrons. The molecule has 0 saturated heterocycles. The Hall–Kier alpha value is -2.81. The normalized spacial score (nSPS) is 13.1. The highest BCUT2D eigenvalue weighted by Crippen LogP contribution is 2.49. The highest BCUT2D eigenvalue weighted by atomic mass is 16.3. The molecule has 0 unspecified atom stereocenters. The summed E-state index contributed by atoms with van der Waals surface area (Å²) in [6.45, 7) is 6.72.